The molecule has 2 aromatic carbocycles. The average molecular weight is 541 g/mol. The minimum absolute atomic E-state index is 0.0560. The second kappa shape index (κ2) is 14.6. The summed E-state index contributed by atoms with van der Waals surface area (Å²) in [5.41, 5.74) is 2.36. The molecule has 8 heteroatoms. The van der Waals surface area contributed by atoms with E-state index < -0.39 is 30.1 Å². The highest BCUT2D eigenvalue weighted by Gasteiger charge is 2.56. The van der Waals surface area contributed by atoms with Crippen molar-refractivity contribution in [3.63, 3.8) is 0 Å². The fraction of sp³-hybridized carbons (Fsp3) is 0.567. The summed E-state index contributed by atoms with van der Waals surface area (Å²) in [7, 11) is 0. The molecule has 38 heavy (non-hydrogen) atoms. The van der Waals surface area contributed by atoms with Gasteiger partial charge in [0.05, 0.1) is 17.9 Å². The van der Waals surface area contributed by atoms with E-state index in [0.717, 1.165) is 37.9 Å². The molecule has 1 fully saturated rings. The third-order valence-corrected chi connectivity index (χ3v) is 7.27. The molecule has 1 aliphatic carbocycles. The molecule has 0 aliphatic heterocycles. The largest absolute Gasteiger partial charge is 0.392 e. The Bertz CT molecular complexity index is 955. The normalized spacial score (nSPS) is 20.1. The second-order valence-electron chi connectivity index (χ2n) is 10.2. The van der Waals surface area contributed by atoms with Crippen LogP contribution in [0.15, 0.2) is 54.6 Å². The summed E-state index contributed by atoms with van der Waals surface area (Å²) in [4.78, 5) is 2.39. The van der Waals surface area contributed by atoms with Crippen LogP contribution in [-0.2, 0) is 12.8 Å². The van der Waals surface area contributed by atoms with Crippen molar-refractivity contribution in [1.82, 2.24) is 4.90 Å². The fourth-order valence-corrected chi connectivity index (χ4v) is 5.33. The molecular weight excluding hydrogens is 502 g/mol. The highest BCUT2D eigenvalue weighted by molar-refractivity contribution is 5.28. The molecule has 2 unspecified atom stereocenters. The summed E-state index contributed by atoms with van der Waals surface area (Å²) in [6, 6.07) is 18.8. The first kappa shape index (κ1) is 31.7. The predicted octanol–water partition coefficient (Wildman–Crippen LogP) is 8.73. The van der Waals surface area contributed by atoms with Crippen LogP contribution in [-0.4, -0.2) is 36.4 Å². The van der Waals surface area contributed by atoms with Crippen molar-refractivity contribution < 1.29 is 26.3 Å². The van der Waals surface area contributed by atoms with Gasteiger partial charge in [-0.15, -0.1) is 0 Å². The standard InChI is InChI=1S/C28H35F6N.C2H3N/c1-20(2)35(19-17-21-8-4-3-5-9-21)18-7-10-22-13-15-23(16-14-22)26-24(27(29,30)31)11-6-12-25(26)28(32,33)34;1-2-3/h3-5,8-9,13-16,20,24-26H,6-7,10-12,17-19H2,1-2H3;1H3. The Hall–Kier alpha value is -2.53. The number of halogens is 6. The molecule has 2 nitrogen and oxygen atoms in total. The van der Waals surface area contributed by atoms with E-state index in [0.29, 0.717) is 6.04 Å². The fourth-order valence-electron chi connectivity index (χ4n) is 5.33. The summed E-state index contributed by atoms with van der Waals surface area (Å²) >= 11 is 0. The molecule has 0 N–H and O–H groups in total. The molecule has 0 saturated heterocycles. The molecule has 0 amide bonds. The number of nitrogens with zero attached hydrogens (tertiary/aromatic N) is 2. The van der Waals surface area contributed by atoms with E-state index in [-0.39, 0.29) is 24.8 Å². The Labute approximate surface area is 222 Å². The van der Waals surface area contributed by atoms with Crippen LogP contribution in [0.5, 0.6) is 0 Å². The molecule has 1 saturated carbocycles. The van der Waals surface area contributed by atoms with Crippen LogP contribution >= 0.6 is 0 Å². The molecule has 0 radical (unpaired) electrons. The number of benzene rings is 2. The summed E-state index contributed by atoms with van der Waals surface area (Å²) < 4.78 is 81.7. The van der Waals surface area contributed by atoms with Crippen LogP contribution in [0.2, 0.25) is 0 Å². The van der Waals surface area contributed by atoms with E-state index in [1.165, 1.54) is 24.6 Å². The lowest BCUT2D eigenvalue weighted by atomic mass is 9.68. The Morgan fingerprint density at radius 3 is 1.79 bits per heavy atom. The van der Waals surface area contributed by atoms with E-state index >= 15 is 0 Å². The molecule has 2 atom stereocenters. The first-order valence-electron chi connectivity index (χ1n) is 13.2. The summed E-state index contributed by atoms with van der Waals surface area (Å²) in [6.07, 6.45) is -7.31. The second-order valence-corrected chi connectivity index (χ2v) is 10.2. The van der Waals surface area contributed by atoms with Crippen molar-refractivity contribution in [3.8, 4) is 6.07 Å². The van der Waals surface area contributed by atoms with Crippen molar-refractivity contribution in [2.75, 3.05) is 13.1 Å². The Balaban J connectivity index is 0.00000161. The maximum absolute atomic E-state index is 13.6. The van der Waals surface area contributed by atoms with Crippen molar-refractivity contribution in [1.29, 1.82) is 5.26 Å². The molecular formula is C30H38F6N2. The van der Waals surface area contributed by atoms with Crippen molar-refractivity contribution in [2.24, 2.45) is 11.8 Å². The lowest BCUT2D eigenvalue weighted by Gasteiger charge is -2.40. The highest BCUT2D eigenvalue weighted by Crippen LogP contribution is 2.53. The van der Waals surface area contributed by atoms with Gasteiger partial charge in [-0.25, -0.2) is 0 Å². The van der Waals surface area contributed by atoms with Crippen LogP contribution in [0.4, 0.5) is 26.3 Å². The topological polar surface area (TPSA) is 27.0 Å². The summed E-state index contributed by atoms with van der Waals surface area (Å²) in [5.74, 6) is -5.50. The molecule has 3 rings (SSSR count). The first-order valence-corrected chi connectivity index (χ1v) is 13.2. The van der Waals surface area contributed by atoms with Crippen LogP contribution in [0.25, 0.3) is 0 Å². The lowest BCUT2D eigenvalue weighted by molar-refractivity contribution is -0.231. The molecule has 0 bridgehead atoms. The van der Waals surface area contributed by atoms with Gasteiger partial charge < -0.3 is 4.90 Å². The summed E-state index contributed by atoms with van der Waals surface area (Å²) in [6.45, 7) is 7.54. The zero-order valence-electron chi connectivity index (χ0n) is 22.3. The van der Waals surface area contributed by atoms with E-state index in [9.17, 15) is 26.3 Å². The van der Waals surface area contributed by atoms with Gasteiger partial charge in [-0.05, 0) is 69.2 Å². The Morgan fingerprint density at radius 2 is 1.32 bits per heavy atom. The van der Waals surface area contributed by atoms with E-state index in [2.05, 4.69) is 30.9 Å². The molecule has 1 aliphatic rings. The number of alkyl halides is 6. The predicted molar refractivity (Wildman–Crippen MR) is 139 cm³/mol. The van der Waals surface area contributed by atoms with Gasteiger partial charge in [-0.1, -0.05) is 61.0 Å². The SMILES string of the molecule is CC#N.CC(C)N(CCCc1ccc(C2C(C(F)(F)F)CCCC2C(F)(F)F)cc1)CCc1ccccc1. The molecule has 0 aromatic heterocycles. The van der Waals surface area contributed by atoms with Gasteiger partial charge in [0.15, 0.2) is 0 Å². The van der Waals surface area contributed by atoms with Gasteiger partial charge in [0.1, 0.15) is 0 Å². The molecule has 0 spiro atoms. The quantitative estimate of drug-likeness (QED) is 0.298. The van der Waals surface area contributed by atoms with Crippen molar-refractivity contribution in [2.45, 2.75) is 83.6 Å². The number of rotatable bonds is 9. The third kappa shape index (κ3) is 9.65. The van der Waals surface area contributed by atoms with Crippen molar-refractivity contribution in [3.05, 3.63) is 71.3 Å². The Morgan fingerprint density at radius 1 is 0.816 bits per heavy atom. The van der Waals surface area contributed by atoms with Crippen LogP contribution < -0.4 is 0 Å². The van der Waals surface area contributed by atoms with E-state index in [1.807, 2.05) is 18.2 Å². The third-order valence-electron chi connectivity index (χ3n) is 7.27. The average Bonchev–Trinajstić information content (AvgIpc) is 2.86. The zero-order chi connectivity index (χ0) is 28.3. The smallest absolute Gasteiger partial charge is 0.301 e. The minimum atomic E-state index is -4.65. The summed E-state index contributed by atoms with van der Waals surface area (Å²) in [5, 5.41) is 7.32. The molecule has 210 valence electrons. The Kier molecular flexibility index (Phi) is 12.2. The van der Waals surface area contributed by atoms with Gasteiger partial charge >= 0.3 is 12.4 Å². The maximum atomic E-state index is 13.6. The van der Waals surface area contributed by atoms with Gasteiger partial charge in [0, 0.05) is 25.4 Å². The van der Waals surface area contributed by atoms with Gasteiger partial charge in [-0.3, -0.25) is 0 Å². The minimum Gasteiger partial charge on any atom is -0.301 e. The number of nitriles is 1. The monoisotopic (exact) mass is 540 g/mol. The van der Waals surface area contributed by atoms with Gasteiger partial charge in [0.2, 0.25) is 0 Å². The molecule has 2 aromatic rings. The highest BCUT2D eigenvalue weighted by atomic mass is 19.4. The van der Waals surface area contributed by atoms with Crippen LogP contribution in [0.1, 0.15) is 69.1 Å². The van der Waals surface area contributed by atoms with E-state index in [4.69, 9.17) is 5.26 Å². The maximum Gasteiger partial charge on any atom is 0.392 e. The van der Waals surface area contributed by atoms with Gasteiger partial charge in [-0.2, -0.15) is 31.6 Å². The number of hydrogen-bond acceptors (Lipinski definition) is 2. The van der Waals surface area contributed by atoms with Gasteiger partial charge in [0.25, 0.3) is 0 Å². The van der Waals surface area contributed by atoms with Crippen molar-refractivity contribution >= 4 is 0 Å². The van der Waals surface area contributed by atoms with Crippen LogP contribution in [0.3, 0.4) is 0 Å². The number of hydrogen-bond donors (Lipinski definition) is 0. The zero-order valence-corrected chi connectivity index (χ0v) is 22.3. The lowest BCUT2D eigenvalue weighted by Crippen LogP contribution is -2.42. The first-order chi connectivity index (χ1) is 17.9. The molecule has 0 heterocycles. The van der Waals surface area contributed by atoms with Crippen LogP contribution in [0, 0.1) is 23.2 Å². The number of aryl methyl sites for hydroxylation is 1. The van der Waals surface area contributed by atoms with E-state index in [1.54, 1.807) is 18.2 Å².